The number of rotatable bonds is 6. The molecule has 1 unspecified atom stereocenters. The second-order valence-electron chi connectivity index (χ2n) is 4.35. The number of halogens is 3. The zero-order chi connectivity index (χ0) is 12.8. The molecule has 0 aliphatic heterocycles. The van der Waals surface area contributed by atoms with Gasteiger partial charge in [0.15, 0.2) is 17.5 Å². The molecule has 1 nitrogen and oxygen atoms in total. The van der Waals surface area contributed by atoms with E-state index in [0.717, 1.165) is 25.6 Å². The van der Waals surface area contributed by atoms with E-state index < -0.39 is 17.5 Å². The number of hydrogen-bond donors (Lipinski definition) is 1. The van der Waals surface area contributed by atoms with Crippen molar-refractivity contribution in [1.29, 1.82) is 0 Å². The second-order valence-corrected chi connectivity index (χ2v) is 4.35. The Labute approximate surface area is 100 Å². The fourth-order valence-corrected chi connectivity index (χ4v) is 1.70. The van der Waals surface area contributed by atoms with Crippen LogP contribution in [0.1, 0.15) is 25.8 Å². The van der Waals surface area contributed by atoms with Crippen LogP contribution in [0.15, 0.2) is 12.1 Å². The summed E-state index contributed by atoms with van der Waals surface area (Å²) in [7, 11) is 0. The summed E-state index contributed by atoms with van der Waals surface area (Å²) in [5, 5.41) is 3.21. The van der Waals surface area contributed by atoms with Crippen molar-refractivity contribution in [3.8, 4) is 0 Å². The smallest absolute Gasteiger partial charge is 0.194 e. The van der Waals surface area contributed by atoms with Gasteiger partial charge in [0.1, 0.15) is 0 Å². The molecule has 1 aromatic carbocycles. The Kier molecular flexibility index (Phi) is 5.48. The summed E-state index contributed by atoms with van der Waals surface area (Å²) in [4.78, 5) is 0. The van der Waals surface area contributed by atoms with Crippen molar-refractivity contribution in [2.45, 2.75) is 26.7 Å². The Morgan fingerprint density at radius 2 is 1.88 bits per heavy atom. The number of nitrogens with one attached hydrogen (secondary N) is 1. The van der Waals surface area contributed by atoms with Crippen LogP contribution in [0.2, 0.25) is 0 Å². The van der Waals surface area contributed by atoms with Crippen LogP contribution in [0, 0.1) is 23.4 Å². The third-order valence-electron chi connectivity index (χ3n) is 2.60. The van der Waals surface area contributed by atoms with Crippen LogP contribution < -0.4 is 5.32 Å². The molecule has 0 amide bonds. The maximum absolute atomic E-state index is 13.4. The SMILES string of the molecule is CCCNCC(C)Cc1ccc(F)c(F)c1F. The second kappa shape index (κ2) is 6.64. The Bertz CT molecular complexity index is 366. The Morgan fingerprint density at radius 1 is 1.18 bits per heavy atom. The fourth-order valence-electron chi connectivity index (χ4n) is 1.70. The molecule has 0 fully saturated rings. The molecule has 96 valence electrons. The van der Waals surface area contributed by atoms with Gasteiger partial charge in [-0.3, -0.25) is 0 Å². The van der Waals surface area contributed by atoms with Gasteiger partial charge < -0.3 is 5.32 Å². The average molecular weight is 245 g/mol. The summed E-state index contributed by atoms with van der Waals surface area (Å²) in [6.07, 6.45) is 1.44. The first-order chi connectivity index (χ1) is 8.06. The van der Waals surface area contributed by atoms with Crippen LogP contribution in [0.5, 0.6) is 0 Å². The quantitative estimate of drug-likeness (QED) is 0.599. The van der Waals surface area contributed by atoms with E-state index in [2.05, 4.69) is 12.2 Å². The van der Waals surface area contributed by atoms with Gasteiger partial charge >= 0.3 is 0 Å². The molecule has 0 aliphatic carbocycles. The Balaban J connectivity index is 2.59. The summed E-state index contributed by atoms with van der Waals surface area (Å²) in [5.41, 5.74) is 0.231. The maximum Gasteiger partial charge on any atom is 0.194 e. The van der Waals surface area contributed by atoms with Gasteiger partial charge in [0.05, 0.1) is 0 Å². The van der Waals surface area contributed by atoms with Crippen LogP contribution in [-0.2, 0) is 6.42 Å². The molecule has 0 bridgehead atoms. The van der Waals surface area contributed by atoms with Gasteiger partial charge in [0, 0.05) is 0 Å². The summed E-state index contributed by atoms with van der Waals surface area (Å²) < 4.78 is 39.1. The van der Waals surface area contributed by atoms with Gasteiger partial charge in [-0.15, -0.1) is 0 Å². The van der Waals surface area contributed by atoms with Gasteiger partial charge in [-0.2, -0.15) is 0 Å². The van der Waals surface area contributed by atoms with Crippen molar-refractivity contribution < 1.29 is 13.2 Å². The predicted octanol–water partition coefficient (Wildman–Crippen LogP) is 3.28. The van der Waals surface area contributed by atoms with E-state index in [-0.39, 0.29) is 11.5 Å². The summed E-state index contributed by atoms with van der Waals surface area (Å²) in [6, 6.07) is 2.28. The van der Waals surface area contributed by atoms with E-state index in [1.807, 2.05) is 6.92 Å². The van der Waals surface area contributed by atoms with Crippen LogP contribution in [0.3, 0.4) is 0 Å². The molecular weight excluding hydrogens is 227 g/mol. The third-order valence-corrected chi connectivity index (χ3v) is 2.60. The van der Waals surface area contributed by atoms with Crippen molar-refractivity contribution in [1.82, 2.24) is 5.32 Å². The molecular formula is C13H18F3N. The van der Waals surface area contributed by atoms with E-state index in [4.69, 9.17) is 0 Å². The minimum atomic E-state index is -1.38. The molecule has 1 aromatic rings. The average Bonchev–Trinajstić information content (AvgIpc) is 2.30. The van der Waals surface area contributed by atoms with Gasteiger partial charge in [-0.1, -0.05) is 19.9 Å². The topological polar surface area (TPSA) is 12.0 Å². The molecule has 0 saturated carbocycles. The molecule has 1 rings (SSSR count). The van der Waals surface area contributed by atoms with Crippen molar-refractivity contribution >= 4 is 0 Å². The highest BCUT2D eigenvalue weighted by Gasteiger charge is 2.15. The Morgan fingerprint density at radius 3 is 2.53 bits per heavy atom. The molecule has 0 aromatic heterocycles. The lowest BCUT2D eigenvalue weighted by Gasteiger charge is -2.13. The van der Waals surface area contributed by atoms with Crippen molar-refractivity contribution in [2.75, 3.05) is 13.1 Å². The number of hydrogen-bond acceptors (Lipinski definition) is 1. The van der Waals surface area contributed by atoms with E-state index in [0.29, 0.717) is 6.42 Å². The number of benzene rings is 1. The molecule has 0 radical (unpaired) electrons. The van der Waals surface area contributed by atoms with Crippen LogP contribution in [0.25, 0.3) is 0 Å². The summed E-state index contributed by atoms with van der Waals surface area (Å²) in [5.74, 6) is -3.40. The zero-order valence-electron chi connectivity index (χ0n) is 10.2. The van der Waals surface area contributed by atoms with Crippen molar-refractivity contribution in [2.24, 2.45) is 5.92 Å². The standard InChI is InChI=1S/C13H18F3N/c1-3-6-17-8-9(2)7-10-4-5-11(14)13(16)12(10)15/h4-5,9,17H,3,6-8H2,1-2H3. The monoisotopic (exact) mass is 245 g/mol. The maximum atomic E-state index is 13.4. The molecule has 0 saturated heterocycles. The molecule has 0 spiro atoms. The molecule has 0 heterocycles. The first-order valence-corrected chi connectivity index (χ1v) is 5.89. The fraction of sp³-hybridized carbons (Fsp3) is 0.538. The molecule has 17 heavy (non-hydrogen) atoms. The first kappa shape index (κ1) is 14.0. The van der Waals surface area contributed by atoms with Gasteiger partial charge in [-0.05, 0) is 43.5 Å². The minimum Gasteiger partial charge on any atom is -0.316 e. The van der Waals surface area contributed by atoms with Crippen LogP contribution in [0.4, 0.5) is 13.2 Å². The van der Waals surface area contributed by atoms with Crippen molar-refractivity contribution in [3.63, 3.8) is 0 Å². The summed E-state index contributed by atoms with van der Waals surface area (Å²) in [6.45, 7) is 5.66. The van der Waals surface area contributed by atoms with E-state index >= 15 is 0 Å². The third kappa shape index (κ3) is 4.04. The van der Waals surface area contributed by atoms with Crippen LogP contribution in [-0.4, -0.2) is 13.1 Å². The van der Waals surface area contributed by atoms with E-state index in [1.165, 1.54) is 6.07 Å². The van der Waals surface area contributed by atoms with Crippen molar-refractivity contribution in [3.05, 3.63) is 35.1 Å². The van der Waals surface area contributed by atoms with Crippen LogP contribution >= 0.6 is 0 Å². The van der Waals surface area contributed by atoms with E-state index in [9.17, 15) is 13.2 Å². The minimum absolute atomic E-state index is 0.181. The molecule has 1 N–H and O–H groups in total. The Hall–Kier alpha value is -1.03. The normalized spacial score (nSPS) is 12.8. The lowest BCUT2D eigenvalue weighted by molar-refractivity contribution is 0.431. The van der Waals surface area contributed by atoms with E-state index in [1.54, 1.807) is 0 Å². The molecule has 1 atom stereocenters. The highest BCUT2D eigenvalue weighted by Crippen LogP contribution is 2.18. The molecule has 0 aliphatic rings. The first-order valence-electron chi connectivity index (χ1n) is 5.89. The van der Waals surface area contributed by atoms with Gasteiger partial charge in [-0.25, -0.2) is 13.2 Å². The molecule has 4 heteroatoms. The highest BCUT2D eigenvalue weighted by atomic mass is 19.2. The van der Waals surface area contributed by atoms with Gasteiger partial charge in [0.25, 0.3) is 0 Å². The lowest BCUT2D eigenvalue weighted by Crippen LogP contribution is -2.23. The zero-order valence-corrected chi connectivity index (χ0v) is 10.2. The highest BCUT2D eigenvalue weighted by molar-refractivity contribution is 5.20. The summed E-state index contributed by atoms with van der Waals surface area (Å²) >= 11 is 0. The largest absolute Gasteiger partial charge is 0.316 e. The van der Waals surface area contributed by atoms with Gasteiger partial charge in [0.2, 0.25) is 0 Å². The lowest BCUT2D eigenvalue weighted by atomic mass is 10.0. The predicted molar refractivity (Wildman–Crippen MR) is 62.3 cm³/mol.